The molecule has 0 bridgehead atoms. The van der Waals surface area contributed by atoms with Gasteiger partial charge in [0.05, 0.1) is 13.5 Å². The van der Waals surface area contributed by atoms with E-state index in [4.69, 9.17) is 4.74 Å². The van der Waals surface area contributed by atoms with Crippen LogP contribution in [-0.2, 0) is 20.8 Å². The zero-order valence-corrected chi connectivity index (χ0v) is 20.6. The summed E-state index contributed by atoms with van der Waals surface area (Å²) < 4.78 is 5.24. The minimum Gasteiger partial charge on any atom is -0.497 e. The van der Waals surface area contributed by atoms with Gasteiger partial charge >= 0.3 is 0 Å². The first-order valence-electron chi connectivity index (χ1n) is 12.5. The number of carbonyl (C=O) groups excluding carboxylic acids is 3. The average Bonchev–Trinajstić information content (AvgIpc) is 3.35. The summed E-state index contributed by atoms with van der Waals surface area (Å²) >= 11 is 0. The Labute approximate surface area is 205 Å². The quantitative estimate of drug-likeness (QED) is 0.434. The molecular formula is C26H35N3O6. The molecule has 1 aliphatic carbocycles. The molecule has 3 unspecified atom stereocenters. The predicted octanol–water partition coefficient (Wildman–Crippen LogP) is 2.59. The molecule has 0 N–H and O–H groups in total. The molecule has 1 spiro atoms. The van der Waals surface area contributed by atoms with Crippen LogP contribution in [0, 0.1) is 33.3 Å². The van der Waals surface area contributed by atoms with Gasteiger partial charge < -0.3 is 14.5 Å². The van der Waals surface area contributed by atoms with Gasteiger partial charge in [0.15, 0.2) is 0 Å². The second-order valence-electron chi connectivity index (χ2n) is 10.6. The van der Waals surface area contributed by atoms with Gasteiger partial charge in [-0.05, 0) is 48.3 Å². The van der Waals surface area contributed by atoms with E-state index in [1.807, 2.05) is 41.0 Å². The molecule has 9 nitrogen and oxygen atoms in total. The lowest BCUT2D eigenvalue weighted by Crippen LogP contribution is -2.45. The maximum absolute atomic E-state index is 13.1. The van der Waals surface area contributed by atoms with Crippen molar-refractivity contribution in [1.82, 2.24) is 9.80 Å². The van der Waals surface area contributed by atoms with Gasteiger partial charge in [0.25, 0.3) is 0 Å². The summed E-state index contributed by atoms with van der Waals surface area (Å²) in [6, 6.07) is 7.56. The number of hydrogen-bond donors (Lipinski definition) is 0. The van der Waals surface area contributed by atoms with Crippen LogP contribution in [-0.4, -0.2) is 72.2 Å². The molecule has 35 heavy (non-hydrogen) atoms. The van der Waals surface area contributed by atoms with Gasteiger partial charge in [-0.15, -0.1) is 0 Å². The van der Waals surface area contributed by atoms with Gasteiger partial charge in [0, 0.05) is 55.8 Å². The van der Waals surface area contributed by atoms with Crippen LogP contribution in [0.3, 0.4) is 0 Å². The SMILES string of the molecule is COc1cccc(CC(=O)N2CCC3(CC2)CCN(C(=O)CC2C(=O)CC(C)C2C[N+](=O)[O-])C3)c1. The molecule has 1 saturated carbocycles. The number of carbonyl (C=O) groups is 3. The fourth-order valence-electron chi connectivity index (χ4n) is 6.17. The van der Waals surface area contributed by atoms with Gasteiger partial charge in [0.1, 0.15) is 11.5 Å². The lowest BCUT2D eigenvalue weighted by Gasteiger charge is -2.39. The van der Waals surface area contributed by atoms with Crippen molar-refractivity contribution in [2.45, 2.75) is 45.4 Å². The van der Waals surface area contributed by atoms with Gasteiger partial charge in [-0.25, -0.2) is 0 Å². The number of ether oxygens (including phenoxy) is 1. The van der Waals surface area contributed by atoms with Crippen molar-refractivity contribution in [1.29, 1.82) is 0 Å². The summed E-state index contributed by atoms with van der Waals surface area (Å²) in [6.07, 6.45) is 3.33. The van der Waals surface area contributed by atoms with Crippen LogP contribution < -0.4 is 4.74 Å². The Balaban J connectivity index is 1.29. The summed E-state index contributed by atoms with van der Waals surface area (Å²) in [7, 11) is 1.61. The molecule has 4 rings (SSSR count). The van der Waals surface area contributed by atoms with E-state index in [1.165, 1.54) is 0 Å². The predicted molar refractivity (Wildman–Crippen MR) is 128 cm³/mol. The van der Waals surface area contributed by atoms with Crippen LogP contribution in [0.5, 0.6) is 5.75 Å². The fraction of sp³-hybridized carbons (Fsp3) is 0.654. The van der Waals surface area contributed by atoms with E-state index in [0.717, 1.165) is 30.6 Å². The number of nitrogens with zero attached hydrogens (tertiary/aromatic N) is 3. The molecule has 3 atom stereocenters. The lowest BCUT2D eigenvalue weighted by molar-refractivity contribution is -0.490. The van der Waals surface area contributed by atoms with Crippen molar-refractivity contribution in [3.05, 3.63) is 39.9 Å². The Bertz CT molecular complexity index is 987. The number of methoxy groups -OCH3 is 1. The summed E-state index contributed by atoms with van der Waals surface area (Å²) in [5.41, 5.74) is 0.939. The second-order valence-corrected chi connectivity index (χ2v) is 10.6. The maximum atomic E-state index is 13.1. The first-order chi connectivity index (χ1) is 16.7. The normalized spacial score (nSPS) is 25.8. The number of ketones is 1. The average molecular weight is 486 g/mol. The van der Waals surface area contributed by atoms with Gasteiger partial charge in [0.2, 0.25) is 18.4 Å². The van der Waals surface area contributed by atoms with Gasteiger partial charge in [-0.1, -0.05) is 19.1 Å². The van der Waals surface area contributed by atoms with Crippen molar-refractivity contribution < 1.29 is 24.0 Å². The molecule has 0 radical (unpaired) electrons. The van der Waals surface area contributed by atoms with E-state index in [9.17, 15) is 24.5 Å². The number of benzene rings is 1. The molecule has 2 aliphatic heterocycles. The first kappa shape index (κ1) is 25.1. The molecule has 3 aliphatic rings. The minimum absolute atomic E-state index is 0.00955. The Morgan fingerprint density at radius 3 is 2.49 bits per heavy atom. The van der Waals surface area contributed by atoms with Crippen LogP contribution in [0.1, 0.15) is 44.6 Å². The molecule has 1 aromatic rings. The van der Waals surface area contributed by atoms with Crippen molar-refractivity contribution >= 4 is 17.6 Å². The van der Waals surface area contributed by atoms with Crippen LogP contribution in [0.2, 0.25) is 0 Å². The number of hydrogen-bond acceptors (Lipinski definition) is 6. The monoisotopic (exact) mass is 485 g/mol. The van der Waals surface area contributed by atoms with Crippen molar-refractivity contribution in [2.24, 2.45) is 23.2 Å². The molecule has 9 heteroatoms. The number of likely N-dealkylation sites (tertiary alicyclic amines) is 2. The number of rotatable bonds is 7. The van der Waals surface area contributed by atoms with Crippen molar-refractivity contribution in [3.63, 3.8) is 0 Å². The zero-order chi connectivity index (χ0) is 25.2. The Hall–Kier alpha value is -2.97. The molecule has 2 amide bonds. The summed E-state index contributed by atoms with van der Waals surface area (Å²) in [5.74, 6) is -0.220. The number of amides is 2. The molecule has 1 aromatic carbocycles. The highest BCUT2D eigenvalue weighted by molar-refractivity contribution is 5.89. The van der Waals surface area contributed by atoms with Crippen molar-refractivity contribution in [2.75, 3.05) is 39.8 Å². The van der Waals surface area contributed by atoms with Crippen LogP contribution in [0.4, 0.5) is 0 Å². The fourth-order valence-corrected chi connectivity index (χ4v) is 6.17. The third kappa shape index (κ3) is 5.65. The Morgan fingerprint density at radius 2 is 1.83 bits per heavy atom. The largest absolute Gasteiger partial charge is 0.497 e. The third-order valence-corrected chi connectivity index (χ3v) is 8.40. The smallest absolute Gasteiger partial charge is 0.226 e. The van der Waals surface area contributed by atoms with E-state index < -0.39 is 5.92 Å². The number of nitro groups is 1. The van der Waals surface area contributed by atoms with E-state index in [1.54, 1.807) is 7.11 Å². The molecular weight excluding hydrogens is 450 g/mol. The standard InChI is InChI=1S/C26H35N3O6/c1-18-12-23(30)21(22(18)16-29(33)34)15-25(32)28-11-8-26(17-28)6-9-27(10-7-26)24(31)14-19-4-3-5-20(13-19)35-2/h3-5,13,18,21-22H,6-12,14-17H2,1-2H3. The third-order valence-electron chi connectivity index (χ3n) is 8.40. The first-order valence-corrected chi connectivity index (χ1v) is 12.5. The molecule has 3 fully saturated rings. The Kier molecular flexibility index (Phi) is 7.42. The lowest BCUT2D eigenvalue weighted by atomic mass is 9.77. The highest BCUT2D eigenvalue weighted by Gasteiger charge is 2.46. The minimum atomic E-state index is -0.546. The zero-order valence-electron chi connectivity index (χ0n) is 20.6. The van der Waals surface area contributed by atoms with Crippen LogP contribution >= 0.6 is 0 Å². The Morgan fingerprint density at radius 1 is 1.14 bits per heavy atom. The van der Waals surface area contributed by atoms with E-state index in [0.29, 0.717) is 39.0 Å². The molecule has 190 valence electrons. The summed E-state index contributed by atoms with van der Waals surface area (Å²) in [5, 5.41) is 11.1. The summed E-state index contributed by atoms with van der Waals surface area (Å²) in [6.45, 7) is 4.25. The van der Waals surface area contributed by atoms with Crippen LogP contribution in [0.15, 0.2) is 24.3 Å². The maximum Gasteiger partial charge on any atom is 0.226 e. The van der Waals surface area contributed by atoms with E-state index in [2.05, 4.69) is 0 Å². The number of piperidine rings is 1. The van der Waals surface area contributed by atoms with Crippen LogP contribution in [0.25, 0.3) is 0 Å². The molecule has 2 saturated heterocycles. The van der Waals surface area contributed by atoms with Crippen molar-refractivity contribution in [3.8, 4) is 5.75 Å². The molecule has 2 heterocycles. The second kappa shape index (κ2) is 10.3. The molecule has 0 aromatic heterocycles. The topological polar surface area (TPSA) is 110 Å². The van der Waals surface area contributed by atoms with E-state index in [-0.39, 0.29) is 52.7 Å². The summed E-state index contributed by atoms with van der Waals surface area (Å²) in [4.78, 5) is 52.8. The number of Topliss-reactive ketones (excluding diaryl/α,β-unsaturated/α-hetero) is 1. The highest BCUT2D eigenvalue weighted by Crippen LogP contribution is 2.42. The van der Waals surface area contributed by atoms with Gasteiger partial charge in [-0.2, -0.15) is 0 Å². The van der Waals surface area contributed by atoms with Gasteiger partial charge in [-0.3, -0.25) is 24.5 Å². The van der Waals surface area contributed by atoms with E-state index >= 15 is 0 Å². The highest BCUT2D eigenvalue weighted by atomic mass is 16.6.